The van der Waals surface area contributed by atoms with E-state index in [1.807, 2.05) is 13.8 Å². The van der Waals surface area contributed by atoms with Crippen molar-refractivity contribution >= 4 is 0 Å². The maximum atomic E-state index is 11.3. The smallest absolute Gasteiger partial charge is 0.124 e. The molecule has 0 saturated heterocycles. The predicted octanol–water partition coefficient (Wildman–Crippen LogP) is 5.07. The van der Waals surface area contributed by atoms with Crippen LogP contribution in [-0.2, 0) is 4.74 Å². The summed E-state index contributed by atoms with van der Waals surface area (Å²) in [5.74, 6) is 0.571. The van der Waals surface area contributed by atoms with Gasteiger partial charge in [-0.05, 0) is 76.4 Å². The maximum Gasteiger partial charge on any atom is 0.124 e. The van der Waals surface area contributed by atoms with E-state index in [1.54, 1.807) is 7.11 Å². The fourth-order valence-electron chi connectivity index (χ4n) is 4.92. The molecule has 0 aromatic heterocycles. The van der Waals surface area contributed by atoms with Crippen LogP contribution in [0.4, 0.5) is 0 Å². The van der Waals surface area contributed by atoms with Crippen molar-refractivity contribution in [2.24, 2.45) is 17.3 Å². The SMILES string of the molecule is COC1=C([C@H](C)CO)[C@H]2C/C=C(\C)[C@@H](O)CC/C(C)=C/CC/C(C)=C/C[C@]2(C)[C@H]1O. The summed E-state index contributed by atoms with van der Waals surface area (Å²) < 4.78 is 5.67. The lowest BCUT2D eigenvalue weighted by molar-refractivity contribution is 0.0224. The molecule has 0 aliphatic heterocycles. The highest BCUT2D eigenvalue weighted by molar-refractivity contribution is 5.33. The van der Waals surface area contributed by atoms with Gasteiger partial charge in [0, 0.05) is 17.9 Å². The molecule has 2 aliphatic carbocycles. The lowest BCUT2D eigenvalue weighted by atomic mass is 9.69. The summed E-state index contributed by atoms with van der Waals surface area (Å²) in [4.78, 5) is 0. The van der Waals surface area contributed by atoms with Gasteiger partial charge in [0.2, 0.25) is 0 Å². The number of rotatable bonds is 3. The van der Waals surface area contributed by atoms with Gasteiger partial charge >= 0.3 is 0 Å². The van der Waals surface area contributed by atoms with Gasteiger partial charge in [-0.3, -0.25) is 0 Å². The van der Waals surface area contributed by atoms with Gasteiger partial charge in [-0.2, -0.15) is 0 Å². The Morgan fingerprint density at radius 1 is 1.10 bits per heavy atom. The number of hydrogen-bond donors (Lipinski definition) is 3. The Hall–Kier alpha value is -1.36. The van der Waals surface area contributed by atoms with Crippen molar-refractivity contribution in [1.82, 2.24) is 0 Å². The molecule has 3 N–H and O–H groups in total. The second-order valence-corrected chi connectivity index (χ2v) is 9.65. The average Bonchev–Trinajstić information content (AvgIpc) is 2.94. The third-order valence-electron chi connectivity index (χ3n) is 7.29. The van der Waals surface area contributed by atoms with Crippen LogP contribution in [0.1, 0.15) is 73.1 Å². The molecule has 30 heavy (non-hydrogen) atoms. The van der Waals surface area contributed by atoms with Crippen molar-refractivity contribution in [2.45, 2.75) is 85.4 Å². The Morgan fingerprint density at radius 3 is 2.40 bits per heavy atom. The Morgan fingerprint density at radius 2 is 1.77 bits per heavy atom. The first-order valence-corrected chi connectivity index (χ1v) is 11.4. The van der Waals surface area contributed by atoms with Gasteiger partial charge in [-0.15, -0.1) is 0 Å². The molecule has 0 aromatic rings. The molecular formula is C26H42O4. The largest absolute Gasteiger partial charge is 0.498 e. The molecule has 0 bridgehead atoms. The fourth-order valence-corrected chi connectivity index (χ4v) is 4.92. The third kappa shape index (κ3) is 5.46. The lowest BCUT2D eigenvalue weighted by Crippen LogP contribution is -2.35. The highest BCUT2D eigenvalue weighted by Crippen LogP contribution is 2.53. The summed E-state index contributed by atoms with van der Waals surface area (Å²) in [6.07, 6.45) is 10.6. The molecule has 2 aliphatic rings. The standard InChI is InChI=1S/C26H42O4/c1-17-8-7-9-18(2)14-15-26(5)21(12-11-19(3)22(28)13-10-17)23(20(4)16-27)24(30-6)25(26)29/h8,11,14,20-22,25,27-29H,7,9-10,12-13,15-16H2,1-6H3/b17-8+,18-14+,19-11+/t20-,21-,22+,25+,26+/m1/s1. The molecule has 170 valence electrons. The molecule has 0 amide bonds. The second kappa shape index (κ2) is 10.8. The number of fused-ring (bicyclic) bond motifs is 1. The van der Waals surface area contributed by atoms with E-state index in [4.69, 9.17) is 4.74 Å². The molecule has 0 aromatic carbocycles. The number of hydrogen-bond acceptors (Lipinski definition) is 4. The van der Waals surface area contributed by atoms with Gasteiger partial charge in [0.15, 0.2) is 0 Å². The van der Waals surface area contributed by atoms with Crippen molar-refractivity contribution in [3.63, 3.8) is 0 Å². The topological polar surface area (TPSA) is 69.9 Å². The predicted molar refractivity (Wildman–Crippen MR) is 123 cm³/mol. The van der Waals surface area contributed by atoms with Crippen molar-refractivity contribution in [3.8, 4) is 0 Å². The zero-order chi connectivity index (χ0) is 22.5. The zero-order valence-corrected chi connectivity index (χ0v) is 19.7. The first-order valence-electron chi connectivity index (χ1n) is 11.4. The summed E-state index contributed by atoms with van der Waals surface area (Å²) in [6, 6.07) is 0. The molecule has 0 radical (unpaired) electrons. The van der Waals surface area contributed by atoms with Crippen LogP contribution in [0.3, 0.4) is 0 Å². The number of aliphatic hydroxyl groups excluding tert-OH is 3. The summed E-state index contributed by atoms with van der Waals surface area (Å²) >= 11 is 0. The van der Waals surface area contributed by atoms with E-state index in [0.717, 1.165) is 43.3 Å². The monoisotopic (exact) mass is 418 g/mol. The van der Waals surface area contributed by atoms with Crippen LogP contribution in [0.2, 0.25) is 0 Å². The van der Waals surface area contributed by atoms with Crippen LogP contribution in [0.25, 0.3) is 0 Å². The molecule has 0 saturated carbocycles. The van der Waals surface area contributed by atoms with Crippen LogP contribution in [0.5, 0.6) is 0 Å². The highest BCUT2D eigenvalue weighted by atomic mass is 16.5. The lowest BCUT2D eigenvalue weighted by Gasteiger charge is -2.36. The molecule has 2 rings (SSSR count). The van der Waals surface area contributed by atoms with Crippen LogP contribution < -0.4 is 0 Å². The minimum absolute atomic E-state index is 0.0205. The molecule has 4 nitrogen and oxygen atoms in total. The van der Waals surface area contributed by atoms with Crippen LogP contribution in [-0.4, -0.2) is 41.2 Å². The normalized spacial score (nSPS) is 38.2. The highest BCUT2D eigenvalue weighted by Gasteiger charge is 2.51. The molecule has 0 spiro atoms. The quantitative estimate of drug-likeness (QED) is 0.560. The third-order valence-corrected chi connectivity index (χ3v) is 7.29. The molecule has 4 heteroatoms. The van der Waals surface area contributed by atoms with E-state index in [9.17, 15) is 15.3 Å². The van der Waals surface area contributed by atoms with Gasteiger partial charge in [0.05, 0.1) is 13.2 Å². The Labute approximate surface area is 183 Å². The first kappa shape index (κ1) is 24.9. The Balaban J connectivity index is 2.49. The molecule has 5 atom stereocenters. The summed E-state index contributed by atoms with van der Waals surface area (Å²) in [5, 5.41) is 31.8. The average molecular weight is 419 g/mol. The van der Waals surface area contributed by atoms with E-state index >= 15 is 0 Å². The van der Waals surface area contributed by atoms with E-state index in [1.165, 1.54) is 11.1 Å². The molecular weight excluding hydrogens is 376 g/mol. The summed E-state index contributed by atoms with van der Waals surface area (Å²) in [5.41, 5.74) is 4.23. The number of allylic oxidation sites excluding steroid dienone is 5. The molecule has 0 unspecified atom stereocenters. The van der Waals surface area contributed by atoms with E-state index in [2.05, 4.69) is 39.0 Å². The number of aliphatic hydroxyl groups is 3. The first-order chi connectivity index (χ1) is 14.2. The van der Waals surface area contributed by atoms with Gasteiger partial charge in [-0.1, -0.05) is 43.2 Å². The van der Waals surface area contributed by atoms with Crippen LogP contribution in [0, 0.1) is 17.3 Å². The summed E-state index contributed by atoms with van der Waals surface area (Å²) in [7, 11) is 1.61. The second-order valence-electron chi connectivity index (χ2n) is 9.65. The van der Waals surface area contributed by atoms with E-state index in [0.29, 0.717) is 12.2 Å². The minimum Gasteiger partial charge on any atom is -0.498 e. The Bertz CT molecular complexity index is 715. The van der Waals surface area contributed by atoms with Gasteiger partial charge in [-0.25, -0.2) is 0 Å². The fraction of sp³-hybridized carbons (Fsp3) is 0.692. The summed E-state index contributed by atoms with van der Waals surface area (Å²) in [6.45, 7) is 10.4. The van der Waals surface area contributed by atoms with Crippen molar-refractivity contribution in [2.75, 3.05) is 13.7 Å². The number of methoxy groups -OCH3 is 1. The van der Waals surface area contributed by atoms with Crippen molar-refractivity contribution in [3.05, 3.63) is 46.3 Å². The molecule has 0 heterocycles. The Kier molecular flexibility index (Phi) is 8.96. The van der Waals surface area contributed by atoms with Crippen molar-refractivity contribution in [1.29, 1.82) is 0 Å². The van der Waals surface area contributed by atoms with Crippen LogP contribution >= 0.6 is 0 Å². The molecule has 0 fully saturated rings. The van der Waals surface area contributed by atoms with E-state index < -0.39 is 17.6 Å². The maximum absolute atomic E-state index is 11.3. The van der Waals surface area contributed by atoms with Gasteiger partial charge < -0.3 is 20.1 Å². The zero-order valence-electron chi connectivity index (χ0n) is 19.7. The van der Waals surface area contributed by atoms with Gasteiger partial charge in [0.25, 0.3) is 0 Å². The van der Waals surface area contributed by atoms with E-state index in [-0.39, 0.29) is 18.4 Å². The van der Waals surface area contributed by atoms with Gasteiger partial charge in [0.1, 0.15) is 11.9 Å². The number of ether oxygens (including phenoxy) is 1. The van der Waals surface area contributed by atoms with Crippen molar-refractivity contribution < 1.29 is 20.1 Å². The van der Waals surface area contributed by atoms with Crippen LogP contribution in [0.15, 0.2) is 46.3 Å². The minimum atomic E-state index is -0.711.